The molecule has 0 bridgehead atoms. The molecule has 1 aliphatic rings. The lowest BCUT2D eigenvalue weighted by molar-refractivity contribution is -0.109. The van der Waals surface area contributed by atoms with E-state index in [2.05, 4.69) is 20.6 Å². The number of hydrogen-bond donors (Lipinski definition) is 3. The summed E-state index contributed by atoms with van der Waals surface area (Å²) in [5, 5.41) is 13.3. The van der Waals surface area contributed by atoms with E-state index in [1.54, 1.807) is 0 Å². The molecule has 182 valence electrons. The number of rotatable bonds is 8. The lowest BCUT2D eigenvalue weighted by Crippen LogP contribution is -2.14. The van der Waals surface area contributed by atoms with Gasteiger partial charge in [0, 0.05) is 43.7 Å². The number of aromatic nitrogens is 2. The lowest BCUT2D eigenvalue weighted by atomic mass is 10.1. The number of aliphatic hydroxyl groups excluding tert-OH is 1. The van der Waals surface area contributed by atoms with Gasteiger partial charge >= 0.3 is 0 Å². The maximum absolute atomic E-state index is 14.1. The zero-order chi connectivity index (χ0) is 24.8. The van der Waals surface area contributed by atoms with Crippen LogP contribution in [0.15, 0.2) is 18.2 Å². The molecule has 0 unspecified atom stereocenters. The van der Waals surface area contributed by atoms with E-state index >= 15 is 0 Å². The fourth-order valence-corrected chi connectivity index (χ4v) is 2.92. The number of alkyl halides is 2. The molecule has 1 amide bonds. The maximum Gasteiger partial charge on any atom is 0.266 e. The normalized spacial score (nSPS) is 12.1. The van der Waals surface area contributed by atoms with Crippen molar-refractivity contribution in [3.63, 3.8) is 0 Å². The second-order valence-electron chi connectivity index (χ2n) is 6.78. The van der Waals surface area contributed by atoms with Crippen LogP contribution in [0, 0.1) is 5.82 Å². The predicted molar refractivity (Wildman–Crippen MR) is 118 cm³/mol. The Labute approximate surface area is 195 Å². The second kappa shape index (κ2) is 15.1. The minimum Gasteiger partial charge on any atom is -0.395 e. The van der Waals surface area contributed by atoms with Gasteiger partial charge in [0.15, 0.2) is 0 Å². The number of anilines is 1. The Morgan fingerprint density at radius 2 is 1.97 bits per heavy atom. The van der Waals surface area contributed by atoms with E-state index in [1.165, 1.54) is 12.1 Å². The zero-order valence-corrected chi connectivity index (χ0v) is 19.1. The number of benzene rings is 1. The summed E-state index contributed by atoms with van der Waals surface area (Å²) in [5.41, 5.74) is 1.26. The van der Waals surface area contributed by atoms with Crippen LogP contribution >= 0.6 is 11.6 Å². The molecule has 0 spiro atoms. The summed E-state index contributed by atoms with van der Waals surface area (Å²) in [7, 11) is 1.94. The van der Waals surface area contributed by atoms with Gasteiger partial charge in [-0.2, -0.15) is 0 Å². The van der Waals surface area contributed by atoms with Crippen molar-refractivity contribution in [1.82, 2.24) is 20.2 Å². The SMILES string of the molecule is CCC=O.CN1Cc2nc(Cl)nc(NCc3cccc(C(F)F)c3F)c2C1.O=CNCCO. The highest BCUT2D eigenvalue weighted by molar-refractivity contribution is 6.28. The van der Waals surface area contributed by atoms with Gasteiger partial charge in [0.2, 0.25) is 11.7 Å². The van der Waals surface area contributed by atoms with Crippen LogP contribution in [0.3, 0.4) is 0 Å². The van der Waals surface area contributed by atoms with E-state index in [0.717, 1.165) is 23.6 Å². The Balaban J connectivity index is 0.000000460. The van der Waals surface area contributed by atoms with Crippen molar-refractivity contribution in [3.8, 4) is 0 Å². The van der Waals surface area contributed by atoms with Crippen LogP contribution in [-0.4, -0.2) is 52.9 Å². The van der Waals surface area contributed by atoms with Crippen molar-refractivity contribution in [2.45, 2.75) is 39.4 Å². The van der Waals surface area contributed by atoms with Crippen LogP contribution in [0.2, 0.25) is 5.28 Å². The number of aldehydes is 1. The Hall–Kier alpha value is -2.76. The number of nitrogens with zero attached hydrogens (tertiary/aromatic N) is 3. The van der Waals surface area contributed by atoms with Gasteiger partial charge in [-0.1, -0.05) is 25.1 Å². The monoisotopic (exact) mass is 489 g/mol. The quantitative estimate of drug-likeness (QED) is 0.297. The fraction of sp³-hybridized carbons (Fsp3) is 0.429. The van der Waals surface area contributed by atoms with E-state index in [9.17, 15) is 22.8 Å². The van der Waals surface area contributed by atoms with Gasteiger partial charge in [-0.15, -0.1) is 0 Å². The van der Waals surface area contributed by atoms with Gasteiger partial charge in [0.25, 0.3) is 6.43 Å². The third kappa shape index (κ3) is 9.32. The average Bonchev–Trinajstić information content (AvgIpc) is 3.17. The summed E-state index contributed by atoms with van der Waals surface area (Å²) < 4.78 is 39.5. The molecule has 3 rings (SSSR count). The summed E-state index contributed by atoms with van der Waals surface area (Å²) in [6.07, 6.45) is -0.780. The van der Waals surface area contributed by atoms with Gasteiger partial charge in [-0.05, 0) is 18.6 Å². The third-order valence-corrected chi connectivity index (χ3v) is 4.38. The molecule has 0 radical (unpaired) electrons. The highest BCUT2D eigenvalue weighted by atomic mass is 35.5. The molecule has 1 aliphatic heterocycles. The van der Waals surface area contributed by atoms with Crippen LogP contribution in [0.25, 0.3) is 0 Å². The number of amides is 1. The summed E-state index contributed by atoms with van der Waals surface area (Å²) in [5.74, 6) is -0.393. The van der Waals surface area contributed by atoms with Crippen LogP contribution < -0.4 is 10.6 Å². The lowest BCUT2D eigenvalue weighted by Gasteiger charge is -2.12. The summed E-state index contributed by atoms with van der Waals surface area (Å²) in [6, 6.07) is 3.95. The number of hydrogen-bond acceptors (Lipinski definition) is 7. The van der Waals surface area contributed by atoms with Crippen molar-refractivity contribution in [1.29, 1.82) is 0 Å². The zero-order valence-electron chi connectivity index (χ0n) is 18.3. The molecule has 0 saturated carbocycles. The molecule has 2 aromatic rings. The van der Waals surface area contributed by atoms with Gasteiger partial charge in [-0.3, -0.25) is 9.69 Å². The molecule has 0 aliphatic carbocycles. The van der Waals surface area contributed by atoms with Crippen LogP contribution in [-0.2, 0) is 29.2 Å². The van der Waals surface area contributed by atoms with Gasteiger partial charge in [0.05, 0.1) is 17.9 Å². The smallest absolute Gasteiger partial charge is 0.266 e. The van der Waals surface area contributed by atoms with Gasteiger partial charge < -0.3 is 20.5 Å². The van der Waals surface area contributed by atoms with E-state index in [-0.39, 0.29) is 24.0 Å². The number of fused-ring (bicyclic) bond motifs is 1. The largest absolute Gasteiger partial charge is 0.395 e. The van der Waals surface area contributed by atoms with E-state index < -0.39 is 17.8 Å². The summed E-state index contributed by atoms with van der Waals surface area (Å²) in [6.45, 7) is 3.51. The van der Waals surface area contributed by atoms with Crippen LogP contribution in [0.4, 0.5) is 19.0 Å². The summed E-state index contributed by atoms with van der Waals surface area (Å²) in [4.78, 5) is 28.9. The standard InChI is InChI=1S/C15H14ClF3N4.C3H7NO2.C3H6O/c1-23-6-10-11(7-23)21-15(16)22-14(10)20-5-8-3-2-4-9(12(8)17)13(18)19;5-2-1-4-3-6;1-2-3-4/h2-4,13H,5-7H2,1H3,(H,20,21,22);3,5H,1-2H2,(H,4,6);3H,2H2,1H3. The van der Waals surface area contributed by atoms with E-state index in [1.807, 2.05) is 18.9 Å². The molecule has 33 heavy (non-hydrogen) atoms. The molecule has 0 atom stereocenters. The summed E-state index contributed by atoms with van der Waals surface area (Å²) >= 11 is 5.90. The van der Waals surface area contributed by atoms with Gasteiger partial charge in [-0.25, -0.2) is 23.1 Å². The molecule has 0 fully saturated rings. The Morgan fingerprint density at radius 1 is 1.27 bits per heavy atom. The van der Waals surface area contributed by atoms with Crippen molar-refractivity contribution in [2.24, 2.45) is 0 Å². The maximum atomic E-state index is 14.1. The molecule has 12 heteroatoms. The molecule has 1 aromatic heterocycles. The topological polar surface area (TPSA) is 107 Å². The molecular formula is C21H27ClF3N5O3. The first kappa shape index (κ1) is 28.3. The number of aliphatic hydroxyl groups is 1. The van der Waals surface area contributed by atoms with Crippen LogP contribution in [0.1, 0.15) is 42.2 Å². The highest BCUT2D eigenvalue weighted by Crippen LogP contribution is 2.28. The number of halogens is 4. The Kier molecular flexibility index (Phi) is 13.0. The number of nitrogens with one attached hydrogen (secondary N) is 2. The van der Waals surface area contributed by atoms with E-state index in [0.29, 0.717) is 38.3 Å². The van der Waals surface area contributed by atoms with Crippen molar-refractivity contribution < 1.29 is 27.9 Å². The van der Waals surface area contributed by atoms with E-state index in [4.69, 9.17) is 16.7 Å². The minimum atomic E-state index is -2.85. The number of carbonyl (C=O) groups is 2. The first-order valence-corrected chi connectivity index (χ1v) is 10.4. The van der Waals surface area contributed by atoms with Crippen molar-refractivity contribution in [2.75, 3.05) is 25.5 Å². The molecule has 3 N–H and O–H groups in total. The number of carbonyl (C=O) groups excluding carboxylic acids is 2. The predicted octanol–water partition coefficient (Wildman–Crippen LogP) is 3.08. The molecule has 0 saturated heterocycles. The molecule has 8 nitrogen and oxygen atoms in total. The minimum absolute atomic E-state index is 0.0126. The first-order chi connectivity index (χ1) is 15.8. The Bertz CT molecular complexity index is 906. The third-order valence-electron chi connectivity index (χ3n) is 4.21. The van der Waals surface area contributed by atoms with Crippen molar-refractivity contribution >= 4 is 30.1 Å². The Morgan fingerprint density at radius 3 is 2.52 bits per heavy atom. The van der Waals surface area contributed by atoms with Crippen molar-refractivity contribution in [3.05, 3.63) is 51.7 Å². The van der Waals surface area contributed by atoms with Crippen LogP contribution in [0.5, 0.6) is 0 Å². The highest BCUT2D eigenvalue weighted by Gasteiger charge is 2.23. The molecule has 2 heterocycles. The van der Waals surface area contributed by atoms with Gasteiger partial charge in [0.1, 0.15) is 17.9 Å². The molecule has 1 aromatic carbocycles. The molecular weight excluding hydrogens is 463 g/mol. The first-order valence-electron chi connectivity index (χ1n) is 10.0. The second-order valence-corrected chi connectivity index (χ2v) is 7.12. The fourth-order valence-electron chi connectivity index (χ4n) is 2.73. The average molecular weight is 490 g/mol.